The largest absolute Gasteiger partial charge is 0.508 e. The summed E-state index contributed by atoms with van der Waals surface area (Å²) in [5.41, 5.74) is 6.10. The first-order chi connectivity index (χ1) is 9.45. The number of rotatable bonds is 6. The SMILES string of the molecule is COCCNC(=O)CN(C)C(=O)c1cc(O)ccc1N. The number of nitrogens with zero attached hydrogens (tertiary/aromatic N) is 1. The molecule has 0 aliphatic heterocycles. The summed E-state index contributed by atoms with van der Waals surface area (Å²) < 4.78 is 4.80. The topological polar surface area (TPSA) is 105 Å². The Kier molecular flexibility index (Phi) is 5.79. The fraction of sp³-hybridized carbons (Fsp3) is 0.385. The number of hydrogen-bond acceptors (Lipinski definition) is 5. The van der Waals surface area contributed by atoms with Gasteiger partial charge in [-0.05, 0) is 18.2 Å². The lowest BCUT2D eigenvalue weighted by atomic mass is 10.1. The van der Waals surface area contributed by atoms with Gasteiger partial charge in [0, 0.05) is 26.4 Å². The first-order valence-electron chi connectivity index (χ1n) is 6.05. The molecular weight excluding hydrogens is 262 g/mol. The highest BCUT2D eigenvalue weighted by atomic mass is 16.5. The van der Waals surface area contributed by atoms with Crippen LogP contribution in [-0.4, -0.2) is 55.7 Å². The van der Waals surface area contributed by atoms with E-state index in [9.17, 15) is 14.7 Å². The minimum absolute atomic E-state index is 0.0551. The van der Waals surface area contributed by atoms with Crippen molar-refractivity contribution in [2.75, 3.05) is 39.6 Å². The number of nitrogen functional groups attached to an aromatic ring is 1. The Hall–Kier alpha value is -2.28. The van der Waals surface area contributed by atoms with E-state index in [2.05, 4.69) is 5.32 Å². The van der Waals surface area contributed by atoms with Crippen molar-refractivity contribution >= 4 is 17.5 Å². The third kappa shape index (κ3) is 4.43. The van der Waals surface area contributed by atoms with Crippen LogP contribution in [0.5, 0.6) is 5.75 Å². The summed E-state index contributed by atoms with van der Waals surface area (Å²) in [6, 6.07) is 4.11. The van der Waals surface area contributed by atoms with Crippen LogP contribution in [0, 0.1) is 0 Å². The quantitative estimate of drug-likeness (QED) is 0.381. The van der Waals surface area contributed by atoms with Gasteiger partial charge in [0.2, 0.25) is 5.91 Å². The van der Waals surface area contributed by atoms with Crippen LogP contribution in [0.25, 0.3) is 0 Å². The van der Waals surface area contributed by atoms with Crippen molar-refractivity contribution in [3.63, 3.8) is 0 Å². The summed E-state index contributed by atoms with van der Waals surface area (Å²) in [6.07, 6.45) is 0. The first kappa shape index (κ1) is 15.8. The van der Waals surface area contributed by atoms with Gasteiger partial charge in [0.1, 0.15) is 5.75 Å². The molecule has 2 amide bonds. The first-order valence-corrected chi connectivity index (χ1v) is 6.05. The predicted molar refractivity (Wildman–Crippen MR) is 74.4 cm³/mol. The zero-order valence-electron chi connectivity index (χ0n) is 11.5. The number of benzene rings is 1. The second-order valence-electron chi connectivity index (χ2n) is 4.28. The van der Waals surface area contributed by atoms with Crippen LogP contribution >= 0.6 is 0 Å². The van der Waals surface area contributed by atoms with Gasteiger partial charge in [0.25, 0.3) is 5.91 Å². The molecule has 0 fully saturated rings. The third-order valence-electron chi connectivity index (χ3n) is 2.62. The lowest BCUT2D eigenvalue weighted by Gasteiger charge is -2.18. The number of amides is 2. The highest BCUT2D eigenvalue weighted by Gasteiger charge is 2.17. The third-order valence-corrected chi connectivity index (χ3v) is 2.62. The normalized spacial score (nSPS) is 10.1. The number of phenolic OH excluding ortho intramolecular Hbond substituents is 1. The zero-order valence-corrected chi connectivity index (χ0v) is 11.5. The maximum absolute atomic E-state index is 12.1. The van der Waals surface area contributed by atoms with E-state index < -0.39 is 5.91 Å². The molecular formula is C13H19N3O4. The molecule has 4 N–H and O–H groups in total. The number of nitrogens with one attached hydrogen (secondary N) is 1. The summed E-state index contributed by atoms with van der Waals surface area (Å²) in [6.45, 7) is 0.687. The lowest BCUT2D eigenvalue weighted by Crippen LogP contribution is -2.39. The molecule has 0 saturated carbocycles. The second kappa shape index (κ2) is 7.34. The van der Waals surface area contributed by atoms with Gasteiger partial charge in [-0.3, -0.25) is 9.59 Å². The van der Waals surface area contributed by atoms with E-state index in [-0.39, 0.29) is 29.5 Å². The highest BCUT2D eigenvalue weighted by Crippen LogP contribution is 2.19. The Morgan fingerprint density at radius 3 is 2.80 bits per heavy atom. The molecule has 0 saturated heterocycles. The molecule has 0 aliphatic carbocycles. The molecule has 0 heterocycles. The predicted octanol–water partition coefficient (Wildman–Crippen LogP) is -0.191. The molecule has 1 aromatic rings. The van der Waals surface area contributed by atoms with Crippen molar-refractivity contribution in [3.8, 4) is 5.75 Å². The average Bonchev–Trinajstić information content (AvgIpc) is 2.41. The van der Waals surface area contributed by atoms with Crippen LogP contribution in [0.4, 0.5) is 5.69 Å². The van der Waals surface area contributed by atoms with Gasteiger partial charge < -0.3 is 25.8 Å². The highest BCUT2D eigenvalue weighted by molar-refractivity contribution is 6.00. The van der Waals surface area contributed by atoms with Gasteiger partial charge in [0.15, 0.2) is 0 Å². The van der Waals surface area contributed by atoms with E-state index in [1.165, 1.54) is 37.3 Å². The molecule has 20 heavy (non-hydrogen) atoms. The summed E-state index contributed by atoms with van der Waals surface area (Å²) >= 11 is 0. The van der Waals surface area contributed by atoms with Gasteiger partial charge >= 0.3 is 0 Å². The molecule has 1 rings (SSSR count). The fourth-order valence-corrected chi connectivity index (χ4v) is 1.57. The van der Waals surface area contributed by atoms with E-state index in [0.29, 0.717) is 13.2 Å². The van der Waals surface area contributed by atoms with Crippen LogP contribution < -0.4 is 11.1 Å². The smallest absolute Gasteiger partial charge is 0.256 e. The molecule has 110 valence electrons. The summed E-state index contributed by atoms with van der Waals surface area (Å²) in [5.74, 6) is -0.780. The van der Waals surface area contributed by atoms with Crippen LogP contribution in [0.1, 0.15) is 10.4 Å². The maximum atomic E-state index is 12.1. The number of aromatic hydroxyl groups is 1. The van der Waals surface area contributed by atoms with E-state index in [0.717, 1.165) is 0 Å². The maximum Gasteiger partial charge on any atom is 0.256 e. The second-order valence-corrected chi connectivity index (χ2v) is 4.28. The Bertz CT molecular complexity index is 491. The Labute approximate surface area is 117 Å². The Morgan fingerprint density at radius 2 is 2.15 bits per heavy atom. The Balaban J connectivity index is 2.62. The molecule has 0 aromatic heterocycles. The molecule has 0 spiro atoms. The number of carbonyl (C=O) groups is 2. The number of hydrogen-bond donors (Lipinski definition) is 3. The Morgan fingerprint density at radius 1 is 1.45 bits per heavy atom. The van der Waals surface area contributed by atoms with E-state index in [1.54, 1.807) is 0 Å². The van der Waals surface area contributed by atoms with E-state index in [4.69, 9.17) is 10.5 Å². The van der Waals surface area contributed by atoms with E-state index >= 15 is 0 Å². The van der Waals surface area contributed by atoms with Gasteiger partial charge in [0.05, 0.1) is 18.7 Å². The monoisotopic (exact) mass is 281 g/mol. The van der Waals surface area contributed by atoms with Crippen LogP contribution in [0.2, 0.25) is 0 Å². The number of phenols is 1. The molecule has 0 aliphatic rings. The van der Waals surface area contributed by atoms with E-state index in [1.807, 2.05) is 0 Å². The van der Waals surface area contributed by atoms with Crippen LogP contribution in [0.3, 0.4) is 0 Å². The number of anilines is 1. The molecule has 0 bridgehead atoms. The van der Waals surface area contributed by atoms with Gasteiger partial charge in [-0.25, -0.2) is 0 Å². The average molecular weight is 281 g/mol. The van der Waals surface area contributed by atoms with Crippen LogP contribution in [-0.2, 0) is 9.53 Å². The molecule has 7 nitrogen and oxygen atoms in total. The number of ether oxygens (including phenoxy) is 1. The zero-order chi connectivity index (χ0) is 15.1. The number of nitrogens with two attached hydrogens (primary N) is 1. The number of likely N-dealkylation sites (N-methyl/N-ethyl adjacent to an activating group) is 1. The summed E-state index contributed by atoms with van der Waals surface area (Å²) in [4.78, 5) is 24.9. The van der Waals surface area contributed by atoms with Crippen molar-refractivity contribution in [1.82, 2.24) is 10.2 Å². The van der Waals surface area contributed by atoms with Crippen molar-refractivity contribution in [1.29, 1.82) is 0 Å². The molecule has 1 aromatic carbocycles. The van der Waals surface area contributed by atoms with Crippen molar-refractivity contribution in [2.24, 2.45) is 0 Å². The minimum atomic E-state index is -0.430. The molecule has 0 atom stereocenters. The summed E-state index contributed by atoms with van der Waals surface area (Å²) in [7, 11) is 3.02. The number of methoxy groups -OCH3 is 1. The van der Waals surface area contributed by atoms with Crippen molar-refractivity contribution < 1.29 is 19.4 Å². The summed E-state index contributed by atoms with van der Waals surface area (Å²) in [5, 5.41) is 12.0. The van der Waals surface area contributed by atoms with Gasteiger partial charge in [-0.2, -0.15) is 0 Å². The minimum Gasteiger partial charge on any atom is -0.508 e. The van der Waals surface area contributed by atoms with Crippen LogP contribution in [0.15, 0.2) is 18.2 Å². The van der Waals surface area contributed by atoms with Gasteiger partial charge in [-0.15, -0.1) is 0 Å². The molecule has 0 radical (unpaired) electrons. The lowest BCUT2D eigenvalue weighted by molar-refractivity contribution is -0.121. The molecule has 7 heteroatoms. The fourth-order valence-electron chi connectivity index (χ4n) is 1.57. The van der Waals surface area contributed by atoms with Gasteiger partial charge in [-0.1, -0.05) is 0 Å². The standard InChI is InChI=1S/C13H19N3O4/c1-16(8-12(18)15-5-6-20-2)13(19)10-7-9(17)3-4-11(10)14/h3-4,7,17H,5-6,8,14H2,1-2H3,(H,15,18). The van der Waals surface area contributed by atoms with Crippen molar-refractivity contribution in [2.45, 2.75) is 0 Å². The number of carbonyl (C=O) groups excluding carboxylic acids is 2. The van der Waals surface area contributed by atoms with Crippen molar-refractivity contribution in [3.05, 3.63) is 23.8 Å². The molecule has 0 unspecified atom stereocenters.